The molecule has 0 heterocycles. The number of carbonyl (C=O) groups is 1. The Morgan fingerprint density at radius 2 is 1.97 bits per heavy atom. The summed E-state index contributed by atoms with van der Waals surface area (Å²) in [5.41, 5.74) is 1.49. The Kier molecular flexibility index (Phi) is 8.74. The Hall–Kier alpha value is -1.83. The molecule has 0 aromatic heterocycles. The van der Waals surface area contributed by atoms with E-state index in [-0.39, 0.29) is 17.5 Å². The van der Waals surface area contributed by atoms with Crippen LogP contribution < -0.4 is 14.8 Å². The minimum absolute atomic E-state index is 0.148. The summed E-state index contributed by atoms with van der Waals surface area (Å²) in [6.07, 6.45) is 0.531. The van der Waals surface area contributed by atoms with Crippen molar-refractivity contribution >= 4 is 33.5 Å². The number of hydrogen-bond donors (Lipinski definition) is 2. The lowest BCUT2D eigenvalue weighted by molar-refractivity contribution is -0.140. The molecule has 2 N–H and O–H groups in total. The van der Waals surface area contributed by atoms with Gasteiger partial charge in [0.2, 0.25) is 0 Å². The number of halogens is 3. The van der Waals surface area contributed by atoms with Crippen LogP contribution in [0.25, 0.3) is 0 Å². The molecule has 0 saturated heterocycles. The zero-order valence-electron chi connectivity index (χ0n) is 16.5. The van der Waals surface area contributed by atoms with Gasteiger partial charge in [0.05, 0.1) is 12.1 Å². The summed E-state index contributed by atoms with van der Waals surface area (Å²) in [7, 11) is 1.52. The van der Waals surface area contributed by atoms with Crippen LogP contribution in [0.2, 0.25) is 5.02 Å². The summed E-state index contributed by atoms with van der Waals surface area (Å²) in [6.45, 7) is 4.46. The van der Waals surface area contributed by atoms with Gasteiger partial charge in [0.1, 0.15) is 18.5 Å². The van der Waals surface area contributed by atoms with Crippen molar-refractivity contribution in [2.24, 2.45) is 5.92 Å². The highest BCUT2D eigenvalue weighted by molar-refractivity contribution is 9.10. The number of carboxylic acid groups (broad SMARTS) is 1. The lowest BCUT2D eigenvalue weighted by atomic mass is 10.0. The van der Waals surface area contributed by atoms with Gasteiger partial charge >= 0.3 is 5.97 Å². The van der Waals surface area contributed by atoms with E-state index in [2.05, 4.69) is 21.2 Å². The zero-order chi connectivity index (χ0) is 21.6. The third-order valence-corrected chi connectivity index (χ3v) is 5.37. The summed E-state index contributed by atoms with van der Waals surface area (Å²) < 4.78 is 25.2. The fourth-order valence-corrected chi connectivity index (χ4v) is 3.44. The molecule has 0 fully saturated rings. The van der Waals surface area contributed by atoms with Crippen molar-refractivity contribution in [1.29, 1.82) is 0 Å². The first-order valence-electron chi connectivity index (χ1n) is 9.10. The van der Waals surface area contributed by atoms with Crippen molar-refractivity contribution in [3.63, 3.8) is 0 Å². The SMILES string of the molecule is COc1cc(CNC(CC(C)C)C(=O)O)c(Br)cc1OCc1ccc(F)cc1Cl. The predicted octanol–water partition coefficient (Wildman–Crippen LogP) is 5.42. The second-order valence-corrected chi connectivity index (χ2v) is 8.28. The summed E-state index contributed by atoms with van der Waals surface area (Å²) in [5, 5.41) is 12.7. The summed E-state index contributed by atoms with van der Waals surface area (Å²) in [5.74, 6) is -0.0407. The van der Waals surface area contributed by atoms with Crippen LogP contribution >= 0.6 is 27.5 Å². The van der Waals surface area contributed by atoms with E-state index in [0.717, 1.165) is 10.0 Å². The molecule has 0 saturated carbocycles. The van der Waals surface area contributed by atoms with E-state index >= 15 is 0 Å². The highest BCUT2D eigenvalue weighted by Gasteiger charge is 2.19. The van der Waals surface area contributed by atoms with Crippen LogP contribution in [0.1, 0.15) is 31.4 Å². The van der Waals surface area contributed by atoms with Crippen LogP contribution in [-0.4, -0.2) is 24.2 Å². The van der Waals surface area contributed by atoms with Crippen LogP contribution in [0.3, 0.4) is 0 Å². The van der Waals surface area contributed by atoms with Crippen LogP contribution in [0, 0.1) is 11.7 Å². The largest absolute Gasteiger partial charge is 0.493 e. The quantitative estimate of drug-likeness (QED) is 0.467. The Bertz CT molecular complexity index is 863. The highest BCUT2D eigenvalue weighted by Crippen LogP contribution is 2.34. The Morgan fingerprint density at radius 3 is 2.55 bits per heavy atom. The summed E-state index contributed by atoms with van der Waals surface area (Å²) in [6, 6.07) is 7.03. The summed E-state index contributed by atoms with van der Waals surface area (Å²) in [4.78, 5) is 11.4. The molecule has 0 amide bonds. The molecule has 0 aliphatic rings. The van der Waals surface area contributed by atoms with Gasteiger partial charge in [-0.1, -0.05) is 47.4 Å². The maximum absolute atomic E-state index is 13.2. The van der Waals surface area contributed by atoms with Crippen LogP contribution in [0.15, 0.2) is 34.8 Å². The first-order chi connectivity index (χ1) is 13.7. The minimum Gasteiger partial charge on any atom is -0.493 e. The van der Waals surface area contributed by atoms with Crippen molar-refractivity contribution in [1.82, 2.24) is 5.32 Å². The first-order valence-corrected chi connectivity index (χ1v) is 10.3. The molecule has 2 rings (SSSR count). The van der Waals surface area contributed by atoms with E-state index in [1.54, 1.807) is 18.2 Å². The van der Waals surface area contributed by atoms with Crippen molar-refractivity contribution in [2.45, 2.75) is 39.5 Å². The third-order valence-electron chi connectivity index (χ3n) is 4.28. The van der Waals surface area contributed by atoms with Gasteiger partial charge in [-0.05, 0) is 42.2 Å². The first kappa shape index (κ1) is 23.4. The van der Waals surface area contributed by atoms with Crippen molar-refractivity contribution in [2.75, 3.05) is 7.11 Å². The molecule has 1 unspecified atom stereocenters. The van der Waals surface area contributed by atoms with Crippen molar-refractivity contribution in [3.8, 4) is 11.5 Å². The number of hydrogen-bond acceptors (Lipinski definition) is 4. The fourth-order valence-electron chi connectivity index (χ4n) is 2.76. The van der Waals surface area contributed by atoms with E-state index in [1.807, 2.05) is 13.8 Å². The molecule has 5 nitrogen and oxygen atoms in total. The third kappa shape index (κ3) is 6.87. The number of carboxylic acids is 1. The number of aliphatic carboxylic acids is 1. The molecule has 29 heavy (non-hydrogen) atoms. The van der Waals surface area contributed by atoms with Crippen molar-refractivity contribution in [3.05, 3.63) is 56.8 Å². The topological polar surface area (TPSA) is 67.8 Å². The van der Waals surface area contributed by atoms with Gasteiger partial charge in [0.25, 0.3) is 0 Å². The molecule has 0 spiro atoms. The molecule has 2 aromatic rings. The normalized spacial score (nSPS) is 12.1. The van der Waals surface area contributed by atoms with E-state index in [4.69, 9.17) is 21.1 Å². The monoisotopic (exact) mass is 487 g/mol. The van der Waals surface area contributed by atoms with Crippen LogP contribution in [0.4, 0.5) is 4.39 Å². The molecule has 0 bridgehead atoms. The molecular weight excluding hydrogens is 465 g/mol. The van der Waals surface area contributed by atoms with Crippen molar-refractivity contribution < 1.29 is 23.8 Å². The Morgan fingerprint density at radius 1 is 1.24 bits per heavy atom. The van der Waals surface area contributed by atoms with Crippen LogP contribution in [-0.2, 0) is 17.9 Å². The molecule has 1 atom stereocenters. The van der Waals surface area contributed by atoms with Gasteiger partial charge < -0.3 is 19.9 Å². The molecule has 8 heteroatoms. The number of methoxy groups -OCH3 is 1. The second kappa shape index (κ2) is 10.8. The molecule has 0 radical (unpaired) electrons. The molecule has 158 valence electrons. The summed E-state index contributed by atoms with van der Waals surface area (Å²) >= 11 is 9.54. The van der Waals surface area contributed by atoms with Gasteiger partial charge in [-0.2, -0.15) is 0 Å². The Balaban J connectivity index is 2.12. The second-order valence-electron chi connectivity index (χ2n) is 7.02. The van der Waals surface area contributed by atoms with Crippen LogP contribution in [0.5, 0.6) is 11.5 Å². The number of nitrogens with one attached hydrogen (secondary N) is 1. The molecule has 0 aliphatic heterocycles. The minimum atomic E-state index is -0.877. The predicted molar refractivity (Wildman–Crippen MR) is 114 cm³/mol. The lowest BCUT2D eigenvalue weighted by Crippen LogP contribution is -2.37. The highest BCUT2D eigenvalue weighted by atomic mass is 79.9. The standard InChI is InChI=1S/C21H24BrClFNO4/c1-12(2)6-18(21(26)27)25-10-14-7-19(28-3)20(9-16(14)22)29-11-13-4-5-15(24)8-17(13)23/h4-5,7-9,12,18,25H,6,10-11H2,1-3H3,(H,26,27). The van der Waals surface area contributed by atoms with Gasteiger partial charge in [-0.25, -0.2) is 4.39 Å². The van der Waals surface area contributed by atoms with Gasteiger partial charge in [-0.15, -0.1) is 0 Å². The lowest BCUT2D eigenvalue weighted by Gasteiger charge is -2.18. The van der Waals surface area contributed by atoms with Gasteiger partial charge in [0.15, 0.2) is 11.5 Å². The maximum Gasteiger partial charge on any atom is 0.320 e. The van der Waals surface area contributed by atoms with E-state index in [9.17, 15) is 14.3 Å². The molecule has 0 aliphatic carbocycles. The van der Waals surface area contributed by atoms with Gasteiger partial charge in [-0.3, -0.25) is 4.79 Å². The average molecular weight is 489 g/mol. The van der Waals surface area contributed by atoms with E-state index < -0.39 is 17.8 Å². The number of rotatable bonds is 10. The smallest absolute Gasteiger partial charge is 0.320 e. The van der Waals surface area contributed by atoms with E-state index in [0.29, 0.717) is 30.0 Å². The van der Waals surface area contributed by atoms with Gasteiger partial charge in [0, 0.05) is 16.6 Å². The zero-order valence-corrected chi connectivity index (χ0v) is 18.8. The molecule has 2 aromatic carbocycles. The number of ether oxygens (including phenoxy) is 2. The Labute approximate surface area is 183 Å². The average Bonchev–Trinajstić information content (AvgIpc) is 2.64. The fraction of sp³-hybridized carbons (Fsp3) is 0.381. The van der Waals surface area contributed by atoms with E-state index in [1.165, 1.54) is 19.2 Å². The molecular formula is C21H24BrClFNO4. The maximum atomic E-state index is 13.2. The number of benzene rings is 2.